The lowest BCUT2D eigenvalue weighted by atomic mass is 9.93. The van der Waals surface area contributed by atoms with Crippen molar-refractivity contribution in [3.05, 3.63) is 46.5 Å². The van der Waals surface area contributed by atoms with Crippen molar-refractivity contribution in [1.29, 1.82) is 0 Å². The Morgan fingerprint density at radius 1 is 1.19 bits per heavy atom. The quantitative estimate of drug-likeness (QED) is 0.836. The molecule has 2 rings (SSSR count). The average molecular weight is 287 g/mol. The number of aryl methyl sites for hydroxylation is 2. The van der Waals surface area contributed by atoms with Crippen molar-refractivity contribution in [3.8, 4) is 0 Å². The second kappa shape index (κ2) is 6.57. The Labute approximate surface area is 124 Å². The Balaban J connectivity index is 2.16. The number of amides is 1. The van der Waals surface area contributed by atoms with E-state index in [1.807, 2.05) is 0 Å². The highest BCUT2D eigenvalue weighted by molar-refractivity contribution is 6.06. The van der Waals surface area contributed by atoms with E-state index in [1.165, 1.54) is 0 Å². The molecule has 0 fully saturated rings. The van der Waals surface area contributed by atoms with Crippen LogP contribution in [0.25, 0.3) is 0 Å². The van der Waals surface area contributed by atoms with Crippen LogP contribution in [0.4, 0.5) is 0 Å². The third kappa shape index (κ3) is 3.51. The Hall–Kier alpha value is -2.10. The highest BCUT2D eigenvalue weighted by Gasteiger charge is 2.21. The first-order valence-electron chi connectivity index (χ1n) is 7.27. The summed E-state index contributed by atoms with van der Waals surface area (Å²) in [5, 5.41) is 12.2. The van der Waals surface area contributed by atoms with E-state index in [4.69, 9.17) is 0 Å². The van der Waals surface area contributed by atoms with Crippen molar-refractivity contribution in [2.45, 2.75) is 33.1 Å². The summed E-state index contributed by atoms with van der Waals surface area (Å²) in [6.45, 7) is 4.07. The van der Waals surface area contributed by atoms with Crippen LogP contribution in [0.3, 0.4) is 0 Å². The Kier molecular flexibility index (Phi) is 4.78. The number of allylic oxidation sites excluding steroid dienone is 2. The summed E-state index contributed by atoms with van der Waals surface area (Å²) in [5.41, 5.74) is 1.70. The van der Waals surface area contributed by atoms with Gasteiger partial charge in [0, 0.05) is 6.54 Å². The molecule has 1 aliphatic rings. The van der Waals surface area contributed by atoms with Gasteiger partial charge < -0.3 is 10.4 Å². The van der Waals surface area contributed by atoms with Crippen molar-refractivity contribution in [2.75, 3.05) is 6.54 Å². The molecule has 2 N–H and O–H groups in total. The molecule has 112 valence electrons. The highest BCUT2D eigenvalue weighted by Crippen LogP contribution is 2.20. The lowest BCUT2D eigenvalue weighted by Gasteiger charge is -2.19. The standard InChI is InChI=1S/C17H21NO3/c1-11-8-9-12(2)15(17(20)21)14(11)16(19)18-10-13-6-4-3-5-7-13/h3-4,8-9,13H,5-7,10H2,1-2H3,(H,18,19)(H,20,21). The minimum atomic E-state index is -1.05. The predicted octanol–water partition coefficient (Wildman–Crippen LogP) is 3.09. The maximum Gasteiger partial charge on any atom is 0.336 e. The lowest BCUT2D eigenvalue weighted by Crippen LogP contribution is -2.31. The molecule has 0 saturated heterocycles. The Morgan fingerprint density at radius 3 is 2.43 bits per heavy atom. The fourth-order valence-corrected chi connectivity index (χ4v) is 2.75. The van der Waals surface area contributed by atoms with Gasteiger partial charge in [0.1, 0.15) is 0 Å². The van der Waals surface area contributed by atoms with Crippen LogP contribution in [0, 0.1) is 19.8 Å². The van der Waals surface area contributed by atoms with Gasteiger partial charge in [0.25, 0.3) is 5.91 Å². The fourth-order valence-electron chi connectivity index (χ4n) is 2.75. The summed E-state index contributed by atoms with van der Waals surface area (Å²) in [6, 6.07) is 3.53. The molecule has 1 aromatic carbocycles. The number of nitrogens with one attached hydrogen (secondary N) is 1. The fraction of sp³-hybridized carbons (Fsp3) is 0.412. The predicted molar refractivity (Wildman–Crippen MR) is 81.7 cm³/mol. The minimum absolute atomic E-state index is 0.107. The SMILES string of the molecule is Cc1ccc(C)c(C(=O)NCC2CC=CCC2)c1C(=O)O. The molecule has 0 radical (unpaired) electrons. The van der Waals surface area contributed by atoms with Gasteiger partial charge in [-0.05, 0) is 50.2 Å². The van der Waals surface area contributed by atoms with Gasteiger partial charge in [0.05, 0.1) is 11.1 Å². The monoisotopic (exact) mass is 287 g/mol. The van der Waals surface area contributed by atoms with Gasteiger partial charge in [0.2, 0.25) is 0 Å². The lowest BCUT2D eigenvalue weighted by molar-refractivity contribution is 0.0690. The molecule has 4 nitrogen and oxygen atoms in total. The van der Waals surface area contributed by atoms with Gasteiger partial charge in [-0.2, -0.15) is 0 Å². The molecule has 0 aromatic heterocycles. The van der Waals surface area contributed by atoms with E-state index in [0.717, 1.165) is 19.3 Å². The number of hydrogen-bond donors (Lipinski definition) is 2. The summed E-state index contributed by atoms with van der Waals surface area (Å²) >= 11 is 0. The summed E-state index contributed by atoms with van der Waals surface area (Å²) in [4.78, 5) is 23.8. The first kappa shape index (κ1) is 15.3. The Bertz CT molecular complexity index is 590. The van der Waals surface area contributed by atoms with Crippen LogP contribution >= 0.6 is 0 Å². The summed E-state index contributed by atoms with van der Waals surface area (Å²) in [6.07, 6.45) is 7.38. The van der Waals surface area contributed by atoms with Gasteiger partial charge in [-0.25, -0.2) is 4.79 Å². The van der Waals surface area contributed by atoms with Crippen molar-refractivity contribution in [2.24, 2.45) is 5.92 Å². The summed E-state index contributed by atoms with van der Waals surface area (Å²) in [5.74, 6) is -0.901. The van der Waals surface area contributed by atoms with Crippen molar-refractivity contribution >= 4 is 11.9 Å². The number of hydrogen-bond acceptors (Lipinski definition) is 2. The van der Waals surface area contributed by atoms with Gasteiger partial charge in [-0.3, -0.25) is 4.79 Å². The molecular formula is C17H21NO3. The number of rotatable bonds is 4. The molecular weight excluding hydrogens is 266 g/mol. The molecule has 0 bridgehead atoms. The highest BCUT2D eigenvalue weighted by atomic mass is 16.4. The molecule has 1 amide bonds. The summed E-state index contributed by atoms with van der Waals surface area (Å²) in [7, 11) is 0. The second-order valence-electron chi connectivity index (χ2n) is 5.62. The maximum absolute atomic E-state index is 12.4. The van der Waals surface area contributed by atoms with Crippen molar-refractivity contribution in [3.63, 3.8) is 0 Å². The average Bonchev–Trinajstić information content (AvgIpc) is 2.47. The molecule has 1 atom stereocenters. The number of carbonyl (C=O) groups excluding carboxylic acids is 1. The first-order valence-corrected chi connectivity index (χ1v) is 7.27. The zero-order valence-electron chi connectivity index (χ0n) is 12.5. The second-order valence-corrected chi connectivity index (χ2v) is 5.62. The maximum atomic E-state index is 12.4. The molecule has 1 aromatic rings. The van der Waals surface area contributed by atoms with Gasteiger partial charge in [-0.1, -0.05) is 24.3 Å². The van der Waals surface area contributed by atoms with Crippen LogP contribution in [0.5, 0.6) is 0 Å². The van der Waals surface area contributed by atoms with Gasteiger partial charge in [-0.15, -0.1) is 0 Å². The normalized spacial score (nSPS) is 17.5. The molecule has 0 spiro atoms. The molecule has 21 heavy (non-hydrogen) atoms. The minimum Gasteiger partial charge on any atom is -0.478 e. The molecule has 1 unspecified atom stereocenters. The first-order chi connectivity index (χ1) is 10.0. The van der Waals surface area contributed by atoms with Crippen LogP contribution < -0.4 is 5.32 Å². The summed E-state index contributed by atoms with van der Waals surface area (Å²) < 4.78 is 0. The topological polar surface area (TPSA) is 66.4 Å². The van der Waals surface area contributed by atoms with E-state index in [2.05, 4.69) is 17.5 Å². The molecule has 0 saturated carbocycles. The smallest absolute Gasteiger partial charge is 0.336 e. The van der Waals surface area contributed by atoms with E-state index < -0.39 is 5.97 Å². The van der Waals surface area contributed by atoms with Crippen LogP contribution in [0.2, 0.25) is 0 Å². The molecule has 0 aliphatic heterocycles. The molecule has 0 heterocycles. The largest absolute Gasteiger partial charge is 0.478 e. The van der Waals surface area contributed by atoms with Crippen LogP contribution in [0.15, 0.2) is 24.3 Å². The third-order valence-corrected chi connectivity index (χ3v) is 3.99. The van der Waals surface area contributed by atoms with Crippen molar-refractivity contribution < 1.29 is 14.7 Å². The van der Waals surface area contributed by atoms with Gasteiger partial charge >= 0.3 is 5.97 Å². The van der Waals surface area contributed by atoms with E-state index in [1.54, 1.807) is 26.0 Å². The van der Waals surface area contributed by atoms with Crippen LogP contribution in [0.1, 0.15) is 51.1 Å². The van der Waals surface area contributed by atoms with Crippen molar-refractivity contribution in [1.82, 2.24) is 5.32 Å². The molecule has 4 heteroatoms. The Morgan fingerprint density at radius 2 is 1.86 bits per heavy atom. The van der Waals surface area contributed by atoms with E-state index in [-0.39, 0.29) is 17.0 Å². The number of carboxylic acid groups (broad SMARTS) is 1. The zero-order chi connectivity index (χ0) is 15.4. The van der Waals surface area contributed by atoms with E-state index in [0.29, 0.717) is 23.6 Å². The molecule has 1 aliphatic carbocycles. The zero-order valence-corrected chi connectivity index (χ0v) is 12.5. The number of benzene rings is 1. The third-order valence-electron chi connectivity index (χ3n) is 3.99. The number of carboxylic acids is 1. The van der Waals surface area contributed by atoms with Crippen LogP contribution in [-0.4, -0.2) is 23.5 Å². The van der Waals surface area contributed by atoms with Crippen LogP contribution in [-0.2, 0) is 0 Å². The number of carbonyl (C=O) groups is 2. The number of aromatic carboxylic acids is 1. The van der Waals surface area contributed by atoms with E-state index in [9.17, 15) is 14.7 Å². The van der Waals surface area contributed by atoms with Gasteiger partial charge in [0.15, 0.2) is 0 Å². The van der Waals surface area contributed by atoms with E-state index >= 15 is 0 Å².